The lowest BCUT2D eigenvalue weighted by Gasteiger charge is -2.09. The van der Waals surface area contributed by atoms with Gasteiger partial charge in [-0.2, -0.15) is 5.26 Å². The fourth-order valence-electron chi connectivity index (χ4n) is 1.72. The van der Waals surface area contributed by atoms with Gasteiger partial charge in [0.25, 0.3) is 0 Å². The molecule has 0 saturated heterocycles. The molecule has 1 atom stereocenters. The molecule has 2 aromatic heterocycles. The minimum atomic E-state index is -0.0772. The van der Waals surface area contributed by atoms with E-state index >= 15 is 0 Å². The van der Waals surface area contributed by atoms with E-state index in [0.29, 0.717) is 0 Å². The van der Waals surface area contributed by atoms with Gasteiger partial charge < -0.3 is 5.32 Å². The van der Waals surface area contributed by atoms with Crippen molar-refractivity contribution in [1.29, 1.82) is 5.26 Å². The quantitative estimate of drug-likeness (QED) is 0.784. The molecule has 2 aromatic rings. The van der Waals surface area contributed by atoms with Crippen molar-refractivity contribution in [2.24, 2.45) is 0 Å². The Morgan fingerprint density at radius 2 is 2.37 bits per heavy atom. The highest BCUT2D eigenvalue weighted by Crippen LogP contribution is 2.17. The van der Waals surface area contributed by atoms with Gasteiger partial charge in [-0.25, -0.2) is 0 Å². The van der Waals surface area contributed by atoms with Gasteiger partial charge in [-0.05, 0) is 31.5 Å². The molecular formula is C13H17N5S. The van der Waals surface area contributed by atoms with Crippen LogP contribution in [-0.2, 0) is 0 Å². The highest BCUT2D eigenvalue weighted by Gasteiger charge is 2.08. The van der Waals surface area contributed by atoms with Crippen LogP contribution in [0.1, 0.15) is 19.8 Å². The van der Waals surface area contributed by atoms with Gasteiger partial charge in [0.1, 0.15) is 0 Å². The van der Waals surface area contributed by atoms with Gasteiger partial charge in [0.15, 0.2) is 10.8 Å². The van der Waals surface area contributed by atoms with Gasteiger partial charge in [0.2, 0.25) is 0 Å². The van der Waals surface area contributed by atoms with Crippen molar-refractivity contribution in [3.63, 3.8) is 0 Å². The maximum Gasteiger partial charge on any atom is 0.195 e. The third kappa shape index (κ3) is 3.69. The Kier molecular flexibility index (Phi) is 5.19. The molecular weight excluding hydrogens is 258 g/mol. The fourth-order valence-corrected chi connectivity index (χ4v) is 2.64. The van der Waals surface area contributed by atoms with Gasteiger partial charge in [0, 0.05) is 11.9 Å². The van der Waals surface area contributed by atoms with Gasteiger partial charge in [-0.15, -0.1) is 10.2 Å². The van der Waals surface area contributed by atoms with Crippen molar-refractivity contribution in [2.45, 2.75) is 31.0 Å². The molecule has 0 amide bonds. The summed E-state index contributed by atoms with van der Waals surface area (Å²) in [5.41, 5.74) is 0.853. The second kappa shape index (κ2) is 7.12. The van der Waals surface area contributed by atoms with Crippen molar-refractivity contribution in [1.82, 2.24) is 19.9 Å². The molecule has 2 rings (SSSR count). The Labute approximate surface area is 117 Å². The largest absolute Gasteiger partial charge is 0.302 e. The van der Waals surface area contributed by atoms with E-state index in [0.717, 1.165) is 35.9 Å². The highest BCUT2D eigenvalue weighted by molar-refractivity contribution is 7.99. The Morgan fingerprint density at radius 3 is 3.16 bits per heavy atom. The molecule has 0 aliphatic carbocycles. The Balaban J connectivity index is 1.87. The van der Waals surface area contributed by atoms with Crippen LogP contribution in [-0.4, -0.2) is 32.9 Å². The van der Waals surface area contributed by atoms with Crippen molar-refractivity contribution < 1.29 is 0 Å². The van der Waals surface area contributed by atoms with E-state index < -0.39 is 0 Å². The van der Waals surface area contributed by atoms with Crippen LogP contribution in [0.4, 0.5) is 0 Å². The molecule has 0 bridgehead atoms. The molecule has 0 aromatic carbocycles. The maximum absolute atomic E-state index is 9.03. The third-order valence-corrected chi connectivity index (χ3v) is 3.69. The summed E-state index contributed by atoms with van der Waals surface area (Å²) in [4.78, 5) is 0. The summed E-state index contributed by atoms with van der Waals surface area (Å²) in [5.74, 6) is 0.852. The fraction of sp³-hybridized carbons (Fsp3) is 0.462. The smallest absolute Gasteiger partial charge is 0.195 e. The second-order valence-corrected chi connectivity index (χ2v) is 5.25. The highest BCUT2D eigenvalue weighted by atomic mass is 32.2. The van der Waals surface area contributed by atoms with E-state index in [-0.39, 0.29) is 6.04 Å². The summed E-state index contributed by atoms with van der Waals surface area (Å²) in [6.07, 6.45) is 3.80. The molecule has 100 valence electrons. The lowest BCUT2D eigenvalue weighted by molar-refractivity contribution is 0.585. The minimum Gasteiger partial charge on any atom is -0.302 e. The Morgan fingerprint density at radius 1 is 1.47 bits per heavy atom. The molecule has 1 N–H and O–H groups in total. The van der Waals surface area contributed by atoms with E-state index in [2.05, 4.69) is 28.5 Å². The van der Waals surface area contributed by atoms with Gasteiger partial charge in [-0.3, -0.25) is 4.40 Å². The average Bonchev–Trinajstić information content (AvgIpc) is 2.86. The number of nitrogens with zero attached hydrogens (tertiary/aromatic N) is 4. The summed E-state index contributed by atoms with van der Waals surface area (Å²) in [6, 6.07) is 8.04. The van der Waals surface area contributed by atoms with Crippen molar-refractivity contribution in [3.8, 4) is 6.07 Å². The molecule has 0 aliphatic rings. The molecule has 2 heterocycles. The number of nitrogens with one attached hydrogen (secondary N) is 1. The van der Waals surface area contributed by atoms with Crippen molar-refractivity contribution >= 4 is 17.4 Å². The van der Waals surface area contributed by atoms with Crippen molar-refractivity contribution in [3.05, 3.63) is 24.4 Å². The Hall–Kier alpha value is -1.58. The minimum absolute atomic E-state index is 0.0772. The van der Waals surface area contributed by atoms with Crippen LogP contribution in [0.25, 0.3) is 5.65 Å². The maximum atomic E-state index is 9.03. The molecule has 0 fully saturated rings. The van der Waals surface area contributed by atoms with Crippen LogP contribution in [0.15, 0.2) is 29.6 Å². The monoisotopic (exact) mass is 275 g/mol. The topological polar surface area (TPSA) is 66.0 Å². The molecule has 0 aliphatic heterocycles. The molecule has 0 radical (unpaired) electrons. The zero-order valence-electron chi connectivity index (χ0n) is 10.9. The van der Waals surface area contributed by atoms with Crippen LogP contribution in [0.2, 0.25) is 0 Å². The first-order valence-corrected chi connectivity index (χ1v) is 7.39. The zero-order valence-corrected chi connectivity index (χ0v) is 11.7. The average molecular weight is 275 g/mol. The normalized spacial score (nSPS) is 12.4. The lowest BCUT2D eigenvalue weighted by atomic mass is 10.2. The number of fused-ring (bicyclic) bond motifs is 1. The standard InChI is InChI=1S/C13H17N5S/c1-2-7-15-11(10-14)6-9-19-13-17-16-12-5-3-4-8-18(12)13/h3-5,8,11,15H,2,6-7,9H2,1H3. The molecule has 5 nitrogen and oxygen atoms in total. The predicted octanol–water partition coefficient (Wildman–Crippen LogP) is 2.10. The van der Waals surface area contributed by atoms with Crippen LogP contribution in [0.3, 0.4) is 0 Å². The third-order valence-electron chi connectivity index (χ3n) is 2.72. The first kappa shape index (κ1) is 13.8. The molecule has 6 heteroatoms. The first-order valence-electron chi connectivity index (χ1n) is 6.40. The molecule has 19 heavy (non-hydrogen) atoms. The second-order valence-electron chi connectivity index (χ2n) is 4.18. The zero-order chi connectivity index (χ0) is 13.5. The number of pyridine rings is 1. The van der Waals surface area contributed by atoms with E-state index in [4.69, 9.17) is 5.26 Å². The number of nitriles is 1. The number of aromatic nitrogens is 3. The van der Waals surface area contributed by atoms with Gasteiger partial charge in [-0.1, -0.05) is 24.8 Å². The van der Waals surface area contributed by atoms with Crippen LogP contribution in [0, 0.1) is 11.3 Å². The van der Waals surface area contributed by atoms with E-state index in [1.54, 1.807) is 11.8 Å². The summed E-state index contributed by atoms with van der Waals surface area (Å²) in [6.45, 7) is 2.98. The van der Waals surface area contributed by atoms with Crippen LogP contribution < -0.4 is 5.32 Å². The van der Waals surface area contributed by atoms with E-state index in [1.807, 2.05) is 28.8 Å². The molecule has 1 unspecified atom stereocenters. The van der Waals surface area contributed by atoms with Crippen LogP contribution in [0.5, 0.6) is 0 Å². The molecule has 0 spiro atoms. The van der Waals surface area contributed by atoms with Crippen LogP contribution >= 0.6 is 11.8 Å². The number of thioether (sulfide) groups is 1. The SMILES string of the molecule is CCCNC(C#N)CCSc1nnc2ccccn12. The summed E-state index contributed by atoms with van der Waals surface area (Å²) in [5, 5.41) is 21.4. The number of hydrogen-bond donors (Lipinski definition) is 1. The number of hydrogen-bond acceptors (Lipinski definition) is 5. The predicted molar refractivity (Wildman–Crippen MR) is 76.0 cm³/mol. The van der Waals surface area contributed by atoms with Gasteiger partial charge >= 0.3 is 0 Å². The summed E-state index contributed by atoms with van der Waals surface area (Å²) in [7, 11) is 0. The summed E-state index contributed by atoms with van der Waals surface area (Å²) < 4.78 is 1.96. The summed E-state index contributed by atoms with van der Waals surface area (Å²) >= 11 is 1.63. The Bertz CT molecular complexity index is 559. The first-order chi connectivity index (χ1) is 9.35. The van der Waals surface area contributed by atoms with Gasteiger partial charge in [0.05, 0.1) is 12.1 Å². The molecule has 0 saturated carbocycles. The van der Waals surface area contributed by atoms with Crippen molar-refractivity contribution in [2.75, 3.05) is 12.3 Å². The van der Waals surface area contributed by atoms with E-state index in [1.165, 1.54) is 0 Å². The van der Waals surface area contributed by atoms with E-state index in [9.17, 15) is 0 Å². The lowest BCUT2D eigenvalue weighted by Crippen LogP contribution is -2.28. The number of rotatable bonds is 7.